The number of carbonyl (C=O) groups is 2. The van der Waals surface area contributed by atoms with Crippen LogP contribution in [0.3, 0.4) is 0 Å². The first-order chi connectivity index (χ1) is 13.6. The summed E-state index contributed by atoms with van der Waals surface area (Å²) in [6, 6.07) is 3.97. The number of aliphatic imine (C=N–C) groups is 1. The zero-order valence-corrected chi connectivity index (χ0v) is 20.3. The van der Waals surface area contributed by atoms with Crippen molar-refractivity contribution < 1.29 is 14.3 Å². The number of rotatable bonds is 8. The molecule has 10 heteroatoms. The molecule has 2 rings (SSSR count). The van der Waals surface area contributed by atoms with Gasteiger partial charge in [-0.05, 0) is 44.6 Å². The average molecular weight is 537 g/mol. The van der Waals surface area contributed by atoms with E-state index < -0.39 is 0 Å². The molecule has 1 aromatic rings. The number of guanidine groups is 1. The monoisotopic (exact) mass is 537 g/mol. The van der Waals surface area contributed by atoms with Gasteiger partial charge in [0.15, 0.2) is 5.96 Å². The maximum absolute atomic E-state index is 11.9. The van der Waals surface area contributed by atoms with Crippen molar-refractivity contribution in [3.05, 3.63) is 22.4 Å². The SMILES string of the molecule is CCNC(=NCCCNC(=O)c1cccs1)NC1CCN(C(=O)OCC)CC1.I. The van der Waals surface area contributed by atoms with E-state index in [9.17, 15) is 9.59 Å². The normalized spacial score (nSPS) is 14.7. The number of likely N-dealkylation sites (tertiary alicyclic amines) is 1. The van der Waals surface area contributed by atoms with Gasteiger partial charge in [0.1, 0.15) is 0 Å². The molecule has 0 saturated carbocycles. The summed E-state index contributed by atoms with van der Waals surface area (Å²) in [5, 5.41) is 11.5. The Balaban J connectivity index is 0.00000420. The summed E-state index contributed by atoms with van der Waals surface area (Å²) in [5.41, 5.74) is 0. The average Bonchev–Trinajstić information content (AvgIpc) is 3.23. The van der Waals surface area contributed by atoms with Crippen molar-refractivity contribution in [2.45, 2.75) is 39.2 Å². The van der Waals surface area contributed by atoms with Crippen LogP contribution in [0.2, 0.25) is 0 Å². The number of piperidine rings is 1. The summed E-state index contributed by atoms with van der Waals surface area (Å²) in [4.78, 5) is 30.7. The number of amides is 2. The van der Waals surface area contributed by atoms with Crippen molar-refractivity contribution in [2.75, 3.05) is 39.3 Å². The fourth-order valence-corrected chi connectivity index (χ4v) is 3.54. The van der Waals surface area contributed by atoms with E-state index >= 15 is 0 Å². The van der Waals surface area contributed by atoms with E-state index in [2.05, 4.69) is 20.9 Å². The topological polar surface area (TPSA) is 95.1 Å². The van der Waals surface area contributed by atoms with Gasteiger partial charge in [-0.3, -0.25) is 9.79 Å². The molecular weight excluding hydrogens is 505 g/mol. The highest BCUT2D eigenvalue weighted by molar-refractivity contribution is 14.0. The van der Waals surface area contributed by atoms with Gasteiger partial charge in [-0.25, -0.2) is 4.79 Å². The van der Waals surface area contributed by atoms with E-state index in [1.165, 1.54) is 11.3 Å². The van der Waals surface area contributed by atoms with Gasteiger partial charge in [0.05, 0.1) is 11.5 Å². The predicted octanol–water partition coefficient (Wildman–Crippen LogP) is 2.66. The molecule has 0 spiro atoms. The largest absolute Gasteiger partial charge is 0.450 e. The van der Waals surface area contributed by atoms with Crippen molar-refractivity contribution >= 4 is 53.3 Å². The van der Waals surface area contributed by atoms with Crippen LogP contribution >= 0.6 is 35.3 Å². The summed E-state index contributed by atoms with van der Waals surface area (Å²) in [5.74, 6) is 0.749. The molecule has 1 fully saturated rings. The van der Waals surface area contributed by atoms with E-state index in [4.69, 9.17) is 4.74 Å². The minimum atomic E-state index is -0.230. The number of hydrogen-bond donors (Lipinski definition) is 3. The third-order valence-electron chi connectivity index (χ3n) is 4.34. The molecule has 0 bridgehead atoms. The van der Waals surface area contributed by atoms with E-state index in [1.54, 1.807) is 4.90 Å². The number of carbonyl (C=O) groups excluding carboxylic acids is 2. The van der Waals surface area contributed by atoms with E-state index in [0.717, 1.165) is 36.6 Å². The van der Waals surface area contributed by atoms with Gasteiger partial charge in [0, 0.05) is 38.8 Å². The Morgan fingerprint density at radius 3 is 2.66 bits per heavy atom. The lowest BCUT2D eigenvalue weighted by atomic mass is 10.1. The molecule has 1 aliphatic rings. The number of nitrogens with zero attached hydrogens (tertiary/aromatic N) is 2. The van der Waals surface area contributed by atoms with E-state index in [-0.39, 0.29) is 42.0 Å². The highest BCUT2D eigenvalue weighted by atomic mass is 127. The molecule has 0 radical (unpaired) electrons. The van der Waals surface area contributed by atoms with Gasteiger partial charge in [-0.15, -0.1) is 35.3 Å². The minimum absolute atomic E-state index is 0. The zero-order chi connectivity index (χ0) is 20.2. The molecule has 3 N–H and O–H groups in total. The second-order valence-electron chi connectivity index (χ2n) is 6.45. The van der Waals surface area contributed by atoms with Crippen LogP contribution in [0.5, 0.6) is 0 Å². The Morgan fingerprint density at radius 1 is 1.28 bits per heavy atom. The van der Waals surface area contributed by atoms with Gasteiger partial charge in [-0.1, -0.05) is 6.07 Å². The first-order valence-corrected chi connectivity index (χ1v) is 10.8. The highest BCUT2D eigenvalue weighted by Gasteiger charge is 2.23. The molecule has 0 atom stereocenters. The Kier molecular flexibility index (Phi) is 12.7. The predicted molar refractivity (Wildman–Crippen MR) is 127 cm³/mol. The second-order valence-corrected chi connectivity index (χ2v) is 7.40. The van der Waals surface area contributed by atoms with Crippen LogP contribution in [0.25, 0.3) is 0 Å². The number of ether oxygens (including phenoxy) is 1. The summed E-state index contributed by atoms with van der Waals surface area (Å²) < 4.78 is 5.05. The lowest BCUT2D eigenvalue weighted by Crippen LogP contribution is -2.50. The third-order valence-corrected chi connectivity index (χ3v) is 5.21. The molecule has 1 aromatic heterocycles. The van der Waals surface area contributed by atoms with Crippen molar-refractivity contribution in [3.8, 4) is 0 Å². The number of nitrogens with one attached hydrogen (secondary N) is 3. The molecule has 2 heterocycles. The smallest absolute Gasteiger partial charge is 0.409 e. The fourth-order valence-electron chi connectivity index (χ4n) is 2.90. The minimum Gasteiger partial charge on any atom is -0.450 e. The van der Waals surface area contributed by atoms with Gasteiger partial charge in [-0.2, -0.15) is 0 Å². The molecule has 1 saturated heterocycles. The summed E-state index contributed by atoms with van der Waals surface area (Å²) >= 11 is 1.44. The van der Waals surface area contributed by atoms with Crippen molar-refractivity contribution in [3.63, 3.8) is 0 Å². The first-order valence-electron chi connectivity index (χ1n) is 9.92. The van der Waals surface area contributed by atoms with Crippen LogP contribution in [0.15, 0.2) is 22.5 Å². The van der Waals surface area contributed by atoms with Gasteiger partial charge >= 0.3 is 6.09 Å². The van der Waals surface area contributed by atoms with Crippen LogP contribution in [-0.4, -0.2) is 68.2 Å². The molecule has 2 amide bonds. The zero-order valence-electron chi connectivity index (χ0n) is 17.1. The summed E-state index contributed by atoms with van der Waals surface area (Å²) in [6.07, 6.45) is 2.26. The lowest BCUT2D eigenvalue weighted by Gasteiger charge is -2.32. The third kappa shape index (κ3) is 9.20. The van der Waals surface area contributed by atoms with Crippen LogP contribution in [-0.2, 0) is 4.74 Å². The van der Waals surface area contributed by atoms with Crippen LogP contribution < -0.4 is 16.0 Å². The number of halogens is 1. The quantitative estimate of drug-likeness (QED) is 0.205. The summed E-state index contributed by atoms with van der Waals surface area (Å²) in [6.45, 7) is 7.63. The number of thiophene rings is 1. The van der Waals surface area contributed by atoms with Crippen molar-refractivity contribution in [2.24, 2.45) is 4.99 Å². The Labute approximate surface area is 193 Å². The van der Waals surface area contributed by atoms with Crippen LogP contribution in [0.1, 0.15) is 42.8 Å². The second kappa shape index (κ2) is 14.4. The van der Waals surface area contributed by atoms with Crippen molar-refractivity contribution in [1.29, 1.82) is 0 Å². The van der Waals surface area contributed by atoms with Gasteiger partial charge < -0.3 is 25.6 Å². The fraction of sp³-hybridized carbons (Fsp3) is 0.632. The molecule has 1 aliphatic heterocycles. The maximum atomic E-state index is 11.9. The van der Waals surface area contributed by atoms with Gasteiger partial charge in [0.2, 0.25) is 0 Å². The molecular formula is C19H32IN5O3S. The maximum Gasteiger partial charge on any atom is 0.409 e. The first kappa shape index (κ1) is 25.5. The van der Waals surface area contributed by atoms with Crippen molar-refractivity contribution in [1.82, 2.24) is 20.9 Å². The van der Waals surface area contributed by atoms with Crippen LogP contribution in [0, 0.1) is 0 Å². The molecule has 8 nitrogen and oxygen atoms in total. The molecule has 164 valence electrons. The van der Waals surface area contributed by atoms with E-state index in [1.807, 2.05) is 31.4 Å². The van der Waals surface area contributed by atoms with Crippen LogP contribution in [0.4, 0.5) is 4.79 Å². The molecule has 0 unspecified atom stereocenters. The Bertz CT molecular complexity index is 634. The van der Waals surface area contributed by atoms with Gasteiger partial charge in [0.25, 0.3) is 5.91 Å². The number of hydrogen-bond acceptors (Lipinski definition) is 5. The molecule has 0 aliphatic carbocycles. The Morgan fingerprint density at radius 2 is 2.03 bits per heavy atom. The Hall–Kier alpha value is -1.56. The molecule has 0 aromatic carbocycles. The highest BCUT2D eigenvalue weighted by Crippen LogP contribution is 2.11. The lowest BCUT2D eigenvalue weighted by molar-refractivity contribution is 0.0952. The summed E-state index contributed by atoms with van der Waals surface area (Å²) in [7, 11) is 0. The molecule has 29 heavy (non-hydrogen) atoms. The standard InChI is InChI=1S/C19H31N5O3S.HI/c1-3-20-18(22-11-6-10-21-17(25)16-7-5-14-28-16)23-15-8-12-24(13-9-15)19(26)27-4-2;/h5,7,14-15H,3-4,6,8-13H2,1-2H3,(H,21,25)(H2,20,22,23);1H. The van der Waals surface area contributed by atoms with E-state index in [0.29, 0.717) is 32.8 Å².